The van der Waals surface area contributed by atoms with Crippen LogP contribution in [0.4, 0.5) is 0 Å². The van der Waals surface area contributed by atoms with Gasteiger partial charge in [-0.3, -0.25) is 0 Å². The molecule has 0 radical (unpaired) electrons. The first-order valence-electron chi connectivity index (χ1n) is 5.79. The maximum atomic E-state index is 12.5. The van der Waals surface area contributed by atoms with Gasteiger partial charge in [-0.2, -0.15) is 4.31 Å². The van der Waals surface area contributed by atoms with Crippen LogP contribution < -0.4 is 0 Å². The molecule has 4 nitrogen and oxygen atoms in total. The van der Waals surface area contributed by atoms with Gasteiger partial charge in [-0.05, 0) is 18.6 Å². The third-order valence-electron chi connectivity index (χ3n) is 2.99. The number of hydrogen-bond donors (Lipinski definition) is 0. The van der Waals surface area contributed by atoms with E-state index in [1.54, 1.807) is 25.1 Å². The number of morpholine rings is 1. The van der Waals surface area contributed by atoms with Crippen molar-refractivity contribution in [1.29, 1.82) is 0 Å². The van der Waals surface area contributed by atoms with E-state index in [2.05, 4.69) is 0 Å². The predicted octanol–water partition coefficient (Wildman–Crippen LogP) is 1.62. The maximum absolute atomic E-state index is 12.5. The monoisotopic (exact) mass is 289 g/mol. The number of rotatable bonds is 3. The highest BCUT2D eigenvalue weighted by Gasteiger charge is 2.31. The van der Waals surface area contributed by atoms with Crippen LogP contribution in [0.1, 0.15) is 5.56 Å². The Bertz CT molecular complexity index is 518. The average Bonchev–Trinajstić information content (AvgIpc) is 2.39. The van der Waals surface area contributed by atoms with Gasteiger partial charge in [0.2, 0.25) is 10.0 Å². The van der Waals surface area contributed by atoms with Gasteiger partial charge in [0.05, 0.1) is 17.6 Å². The Labute approximate surface area is 113 Å². The van der Waals surface area contributed by atoms with Gasteiger partial charge in [-0.1, -0.05) is 18.2 Å². The van der Waals surface area contributed by atoms with Crippen LogP contribution in [0.2, 0.25) is 0 Å². The Morgan fingerprint density at radius 2 is 2.17 bits per heavy atom. The van der Waals surface area contributed by atoms with E-state index in [9.17, 15) is 8.42 Å². The predicted molar refractivity (Wildman–Crippen MR) is 70.4 cm³/mol. The van der Waals surface area contributed by atoms with Gasteiger partial charge < -0.3 is 4.74 Å². The Balaban J connectivity index is 2.29. The number of sulfonamides is 1. The van der Waals surface area contributed by atoms with Crippen molar-refractivity contribution in [2.45, 2.75) is 17.9 Å². The fourth-order valence-corrected chi connectivity index (χ4v) is 3.86. The lowest BCUT2D eigenvalue weighted by atomic mass is 10.2. The van der Waals surface area contributed by atoms with Gasteiger partial charge in [-0.15, -0.1) is 11.6 Å². The summed E-state index contributed by atoms with van der Waals surface area (Å²) < 4.78 is 31.8. The largest absolute Gasteiger partial charge is 0.374 e. The summed E-state index contributed by atoms with van der Waals surface area (Å²) in [7, 11) is -3.44. The van der Waals surface area contributed by atoms with E-state index in [1.165, 1.54) is 4.31 Å². The van der Waals surface area contributed by atoms with Crippen LogP contribution in [0.3, 0.4) is 0 Å². The van der Waals surface area contributed by atoms with Crippen molar-refractivity contribution >= 4 is 21.6 Å². The molecule has 2 rings (SSSR count). The maximum Gasteiger partial charge on any atom is 0.243 e. The zero-order valence-corrected chi connectivity index (χ0v) is 11.7. The van der Waals surface area contributed by atoms with Gasteiger partial charge >= 0.3 is 0 Å². The van der Waals surface area contributed by atoms with Crippen LogP contribution in [0.25, 0.3) is 0 Å². The minimum absolute atomic E-state index is 0.223. The molecule has 0 spiro atoms. The molecule has 0 N–H and O–H groups in total. The van der Waals surface area contributed by atoms with E-state index in [-0.39, 0.29) is 6.10 Å². The normalized spacial score (nSPS) is 22.0. The molecule has 0 saturated carbocycles. The summed E-state index contributed by atoms with van der Waals surface area (Å²) in [6.07, 6.45) is -0.223. The SMILES string of the molecule is Cc1ccccc1S(=O)(=O)N1CCOC(CCl)C1. The van der Waals surface area contributed by atoms with E-state index in [0.717, 1.165) is 5.56 Å². The summed E-state index contributed by atoms with van der Waals surface area (Å²) in [4.78, 5) is 0.361. The second kappa shape index (κ2) is 5.57. The van der Waals surface area contributed by atoms with Crippen molar-refractivity contribution in [2.24, 2.45) is 0 Å². The van der Waals surface area contributed by atoms with Gasteiger partial charge in [-0.25, -0.2) is 8.42 Å². The third-order valence-corrected chi connectivity index (χ3v) is 5.35. The van der Waals surface area contributed by atoms with Crippen molar-refractivity contribution in [3.63, 3.8) is 0 Å². The minimum Gasteiger partial charge on any atom is -0.374 e. The van der Waals surface area contributed by atoms with Crippen LogP contribution in [-0.2, 0) is 14.8 Å². The fourth-order valence-electron chi connectivity index (χ4n) is 1.99. The van der Waals surface area contributed by atoms with E-state index >= 15 is 0 Å². The molecule has 18 heavy (non-hydrogen) atoms. The quantitative estimate of drug-likeness (QED) is 0.795. The highest BCUT2D eigenvalue weighted by atomic mass is 35.5. The van der Waals surface area contributed by atoms with Gasteiger partial charge in [0.25, 0.3) is 0 Å². The molecular weight excluding hydrogens is 274 g/mol. The van der Waals surface area contributed by atoms with E-state index in [0.29, 0.717) is 30.5 Å². The highest BCUT2D eigenvalue weighted by Crippen LogP contribution is 2.21. The summed E-state index contributed by atoms with van der Waals surface area (Å²) in [6, 6.07) is 7.00. The average molecular weight is 290 g/mol. The van der Waals surface area contributed by atoms with Crippen LogP contribution in [-0.4, -0.2) is 44.4 Å². The first-order chi connectivity index (χ1) is 8.55. The zero-order valence-electron chi connectivity index (χ0n) is 10.2. The van der Waals surface area contributed by atoms with E-state index in [1.807, 2.05) is 6.07 Å². The zero-order chi connectivity index (χ0) is 13.2. The summed E-state index contributed by atoms with van der Waals surface area (Å²) in [5.41, 5.74) is 0.756. The Kier molecular flexibility index (Phi) is 4.27. The number of alkyl halides is 1. The van der Waals surface area contributed by atoms with Crippen molar-refractivity contribution in [3.8, 4) is 0 Å². The first-order valence-corrected chi connectivity index (χ1v) is 7.76. The molecule has 0 amide bonds. The number of nitrogens with zero attached hydrogens (tertiary/aromatic N) is 1. The Morgan fingerprint density at radius 3 is 2.83 bits per heavy atom. The molecule has 1 atom stereocenters. The summed E-state index contributed by atoms with van der Waals surface area (Å²) in [5, 5.41) is 0. The van der Waals surface area contributed by atoms with Gasteiger partial charge in [0.1, 0.15) is 0 Å². The molecule has 0 aromatic heterocycles. The lowest BCUT2D eigenvalue weighted by molar-refractivity contribution is 0.0122. The number of aryl methyl sites for hydroxylation is 1. The second-order valence-electron chi connectivity index (χ2n) is 4.28. The molecule has 1 aliphatic rings. The van der Waals surface area contributed by atoms with Crippen LogP contribution in [0, 0.1) is 6.92 Å². The standard InChI is InChI=1S/C12H16ClNO3S/c1-10-4-2-3-5-12(10)18(15,16)14-6-7-17-11(8-13)9-14/h2-5,11H,6-9H2,1H3. The molecule has 1 aromatic carbocycles. The number of hydrogen-bond acceptors (Lipinski definition) is 3. The molecule has 6 heteroatoms. The summed E-state index contributed by atoms with van der Waals surface area (Å²) in [5.74, 6) is 0.305. The number of benzene rings is 1. The molecule has 0 aliphatic carbocycles. The van der Waals surface area contributed by atoms with Crippen molar-refractivity contribution in [3.05, 3.63) is 29.8 Å². The lowest BCUT2D eigenvalue weighted by Gasteiger charge is -2.31. The first kappa shape index (κ1) is 13.8. The molecule has 1 unspecified atom stereocenters. The molecule has 1 aromatic rings. The van der Waals surface area contributed by atoms with E-state index in [4.69, 9.17) is 16.3 Å². The number of halogens is 1. The molecule has 0 bridgehead atoms. The van der Waals surface area contributed by atoms with Crippen molar-refractivity contribution in [2.75, 3.05) is 25.6 Å². The number of ether oxygens (including phenoxy) is 1. The van der Waals surface area contributed by atoms with Crippen LogP contribution >= 0.6 is 11.6 Å². The van der Waals surface area contributed by atoms with Crippen molar-refractivity contribution in [1.82, 2.24) is 4.31 Å². The molecular formula is C12H16ClNO3S. The molecule has 1 heterocycles. The smallest absolute Gasteiger partial charge is 0.243 e. The molecule has 100 valence electrons. The van der Waals surface area contributed by atoms with Gasteiger partial charge in [0, 0.05) is 19.0 Å². The van der Waals surface area contributed by atoms with Crippen molar-refractivity contribution < 1.29 is 13.2 Å². The summed E-state index contributed by atoms with van der Waals surface area (Å²) >= 11 is 5.73. The molecule has 1 fully saturated rings. The molecule has 1 saturated heterocycles. The highest BCUT2D eigenvalue weighted by molar-refractivity contribution is 7.89. The summed E-state index contributed by atoms with van der Waals surface area (Å²) in [6.45, 7) is 2.89. The minimum atomic E-state index is -3.44. The van der Waals surface area contributed by atoms with E-state index < -0.39 is 10.0 Å². The Hall–Kier alpha value is -0.620. The molecule has 1 aliphatic heterocycles. The van der Waals surface area contributed by atoms with Crippen LogP contribution in [0.5, 0.6) is 0 Å². The van der Waals surface area contributed by atoms with Crippen LogP contribution in [0.15, 0.2) is 29.2 Å². The van der Waals surface area contributed by atoms with Gasteiger partial charge in [0.15, 0.2) is 0 Å². The topological polar surface area (TPSA) is 46.6 Å². The Morgan fingerprint density at radius 1 is 1.44 bits per heavy atom. The lowest BCUT2D eigenvalue weighted by Crippen LogP contribution is -2.46. The second-order valence-corrected chi connectivity index (χ2v) is 6.49. The fraction of sp³-hybridized carbons (Fsp3) is 0.500. The third kappa shape index (κ3) is 2.69.